The molecule has 0 spiro atoms. The van der Waals surface area contributed by atoms with Crippen molar-refractivity contribution in [3.63, 3.8) is 0 Å². The first kappa shape index (κ1) is 14.0. The molecule has 0 aromatic heterocycles. The fourth-order valence-electron chi connectivity index (χ4n) is 2.29. The van der Waals surface area contributed by atoms with Gasteiger partial charge >= 0.3 is 0 Å². The Morgan fingerprint density at radius 1 is 1.39 bits per heavy atom. The number of benzene rings is 1. The van der Waals surface area contributed by atoms with Crippen LogP contribution in [-0.4, -0.2) is 31.9 Å². The lowest BCUT2D eigenvalue weighted by molar-refractivity contribution is 0.257. The van der Waals surface area contributed by atoms with E-state index in [2.05, 4.69) is 15.9 Å². The van der Waals surface area contributed by atoms with E-state index in [-0.39, 0.29) is 6.04 Å². The highest BCUT2D eigenvalue weighted by Crippen LogP contribution is 2.26. The van der Waals surface area contributed by atoms with E-state index >= 15 is 0 Å². The van der Waals surface area contributed by atoms with Crippen molar-refractivity contribution in [3.8, 4) is 0 Å². The summed E-state index contributed by atoms with van der Waals surface area (Å²) in [6.07, 6.45) is 2.81. The van der Waals surface area contributed by atoms with E-state index in [1.165, 1.54) is 0 Å². The van der Waals surface area contributed by atoms with Crippen LogP contribution in [0.3, 0.4) is 0 Å². The van der Waals surface area contributed by atoms with Gasteiger partial charge in [-0.15, -0.1) is 0 Å². The van der Waals surface area contributed by atoms with Gasteiger partial charge in [-0.3, -0.25) is 0 Å². The Morgan fingerprint density at radius 2 is 2.17 bits per heavy atom. The van der Waals surface area contributed by atoms with Crippen LogP contribution < -0.4 is 5.73 Å². The molecule has 100 valence electrons. The van der Waals surface area contributed by atoms with Crippen molar-refractivity contribution in [1.29, 1.82) is 0 Å². The number of sulfonamides is 1. The van der Waals surface area contributed by atoms with E-state index in [1.807, 2.05) is 6.07 Å². The topological polar surface area (TPSA) is 63.4 Å². The molecule has 1 heterocycles. The summed E-state index contributed by atoms with van der Waals surface area (Å²) < 4.78 is 27.4. The standard InChI is InChI=1S/C12H17BrN2O2S/c13-10-4-3-6-12(8-10)18(16,17)15-7-2-1-5-11(15)9-14/h3-4,6,8,11H,1-2,5,7,9,14H2/t11-/m1/s1. The molecule has 4 nitrogen and oxygen atoms in total. The number of rotatable bonds is 3. The fourth-order valence-corrected chi connectivity index (χ4v) is 4.59. The molecule has 0 saturated carbocycles. The Kier molecular flexibility index (Phi) is 4.42. The van der Waals surface area contributed by atoms with Gasteiger partial charge in [0.25, 0.3) is 0 Å². The smallest absolute Gasteiger partial charge is 0.243 e. The van der Waals surface area contributed by atoms with Crippen molar-refractivity contribution in [3.05, 3.63) is 28.7 Å². The Bertz CT molecular complexity index is 519. The number of hydrogen-bond acceptors (Lipinski definition) is 3. The summed E-state index contributed by atoms with van der Waals surface area (Å²) in [5.41, 5.74) is 5.68. The molecule has 18 heavy (non-hydrogen) atoms. The van der Waals surface area contributed by atoms with Gasteiger partial charge in [0.1, 0.15) is 0 Å². The summed E-state index contributed by atoms with van der Waals surface area (Å²) in [6.45, 7) is 0.948. The highest BCUT2D eigenvalue weighted by atomic mass is 79.9. The van der Waals surface area contributed by atoms with Gasteiger partial charge < -0.3 is 5.73 Å². The van der Waals surface area contributed by atoms with Crippen LogP contribution >= 0.6 is 15.9 Å². The molecule has 1 saturated heterocycles. The largest absolute Gasteiger partial charge is 0.329 e. The summed E-state index contributed by atoms with van der Waals surface area (Å²) in [5.74, 6) is 0. The monoisotopic (exact) mass is 332 g/mol. The molecule has 1 aromatic carbocycles. The maximum Gasteiger partial charge on any atom is 0.243 e. The third kappa shape index (κ3) is 2.77. The van der Waals surface area contributed by atoms with Crippen molar-refractivity contribution in [2.45, 2.75) is 30.2 Å². The maximum atomic E-state index is 12.6. The number of piperidine rings is 1. The summed E-state index contributed by atoms with van der Waals surface area (Å²) in [7, 11) is -3.42. The summed E-state index contributed by atoms with van der Waals surface area (Å²) >= 11 is 3.30. The maximum absolute atomic E-state index is 12.6. The van der Waals surface area contributed by atoms with Gasteiger partial charge in [-0.05, 0) is 31.0 Å². The second-order valence-corrected chi connectivity index (χ2v) is 7.26. The van der Waals surface area contributed by atoms with Gasteiger partial charge in [0, 0.05) is 23.6 Å². The van der Waals surface area contributed by atoms with E-state index in [4.69, 9.17) is 5.73 Å². The first-order valence-corrected chi connectivity index (χ1v) is 8.26. The van der Waals surface area contributed by atoms with Gasteiger partial charge in [0.15, 0.2) is 0 Å². The van der Waals surface area contributed by atoms with Gasteiger partial charge in [0.2, 0.25) is 10.0 Å². The molecule has 1 aliphatic rings. The SMILES string of the molecule is NC[C@H]1CCCCN1S(=O)(=O)c1cccc(Br)c1. The van der Waals surface area contributed by atoms with Gasteiger partial charge in [-0.25, -0.2) is 8.42 Å². The molecule has 1 aromatic rings. The van der Waals surface area contributed by atoms with Crippen LogP contribution in [0.5, 0.6) is 0 Å². The molecule has 0 unspecified atom stereocenters. The van der Waals surface area contributed by atoms with E-state index in [1.54, 1.807) is 22.5 Å². The van der Waals surface area contributed by atoms with Crippen LogP contribution in [0.2, 0.25) is 0 Å². The Labute approximate surface area is 116 Å². The normalized spacial score (nSPS) is 22.0. The zero-order chi connectivity index (χ0) is 13.2. The summed E-state index contributed by atoms with van der Waals surface area (Å²) in [5, 5.41) is 0. The highest BCUT2D eigenvalue weighted by molar-refractivity contribution is 9.10. The Morgan fingerprint density at radius 3 is 2.83 bits per heavy atom. The van der Waals surface area contributed by atoms with Crippen LogP contribution in [0.15, 0.2) is 33.6 Å². The molecule has 1 atom stereocenters. The molecular formula is C12H17BrN2O2S. The average molecular weight is 333 g/mol. The lowest BCUT2D eigenvalue weighted by Crippen LogP contribution is -2.47. The fraction of sp³-hybridized carbons (Fsp3) is 0.500. The second-order valence-electron chi connectivity index (χ2n) is 4.46. The van der Waals surface area contributed by atoms with Gasteiger partial charge in [0.05, 0.1) is 4.90 Å². The van der Waals surface area contributed by atoms with E-state index < -0.39 is 10.0 Å². The molecule has 0 amide bonds. The van der Waals surface area contributed by atoms with E-state index in [9.17, 15) is 8.42 Å². The van der Waals surface area contributed by atoms with Crippen LogP contribution in [0.25, 0.3) is 0 Å². The summed E-state index contributed by atoms with van der Waals surface area (Å²) in [4.78, 5) is 0.331. The number of halogens is 1. The predicted molar refractivity (Wildman–Crippen MR) is 74.7 cm³/mol. The predicted octanol–water partition coefficient (Wildman–Crippen LogP) is 1.95. The van der Waals surface area contributed by atoms with Crippen molar-refractivity contribution in [1.82, 2.24) is 4.31 Å². The second kappa shape index (κ2) is 5.69. The molecule has 6 heteroatoms. The average Bonchev–Trinajstić information content (AvgIpc) is 2.38. The molecular weight excluding hydrogens is 316 g/mol. The third-order valence-corrected chi connectivity index (χ3v) is 5.69. The van der Waals surface area contributed by atoms with Crippen LogP contribution in [0, 0.1) is 0 Å². The zero-order valence-corrected chi connectivity index (χ0v) is 12.5. The third-order valence-electron chi connectivity index (χ3n) is 3.25. The lowest BCUT2D eigenvalue weighted by atomic mass is 10.1. The minimum absolute atomic E-state index is 0.0669. The molecule has 0 radical (unpaired) electrons. The minimum atomic E-state index is -3.42. The highest BCUT2D eigenvalue weighted by Gasteiger charge is 2.32. The van der Waals surface area contributed by atoms with E-state index in [0.29, 0.717) is 18.0 Å². The van der Waals surface area contributed by atoms with Crippen molar-refractivity contribution < 1.29 is 8.42 Å². The zero-order valence-electron chi connectivity index (χ0n) is 10.0. The van der Waals surface area contributed by atoms with Crippen LogP contribution in [-0.2, 0) is 10.0 Å². The first-order valence-electron chi connectivity index (χ1n) is 6.03. The first-order chi connectivity index (χ1) is 8.55. The molecule has 2 N–H and O–H groups in total. The lowest BCUT2D eigenvalue weighted by Gasteiger charge is -2.33. The molecule has 2 rings (SSSR count). The quantitative estimate of drug-likeness (QED) is 0.920. The van der Waals surface area contributed by atoms with Crippen LogP contribution in [0.1, 0.15) is 19.3 Å². The molecule has 1 fully saturated rings. The summed E-state index contributed by atoms with van der Waals surface area (Å²) in [6, 6.07) is 6.75. The number of nitrogens with zero attached hydrogens (tertiary/aromatic N) is 1. The molecule has 0 bridgehead atoms. The molecule has 1 aliphatic heterocycles. The van der Waals surface area contributed by atoms with Crippen molar-refractivity contribution in [2.75, 3.05) is 13.1 Å². The Hall–Kier alpha value is -0.430. The van der Waals surface area contributed by atoms with Crippen molar-refractivity contribution >= 4 is 26.0 Å². The minimum Gasteiger partial charge on any atom is -0.329 e. The van der Waals surface area contributed by atoms with Crippen molar-refractivity contribution in [2.24, 2.45) is 5.73 Å². The molecule has 0 aliphatic carbocycles. The van der Waals surface area contributed by atoms with E-state index in [0.717, 1.165) is 23.7 Å². The number of hydrogen-bond donors (Lipinski definition) is 1. The van der Waals surface area contributed by atoms with Crippen LogP contribution in [0.4, 0.5) is 0 Å². The Balaban J connectivity index is 2.35. The number of nitrogens with two attached hydrogens (primary N) is 1. The van der Waals surface area contributed by atoms with Gasteiger partial charge in [-0.1, -0.05) is 28.4 Å². The van der Waals surface area contributed by atoms with Gasteiger partial charge in [-0.2, -0.15) is 4.31 Å².